The zero-order valence-electron chi connectivity index (χ0n) is 15.0. The van der Waals surface area contributed by atoms with Crippen molar-refractivity contribution >= 4 is 5.78 Å². The Morgan fingerprint density at radius 2 is 1.96 bits per heavy atom. The minimum absolute atomic E-state index is 0.0884. The van der Waals surface area contributed by atoms with Crippen LogP contribution in [0.2, 0.25) is 0 Å². The fourth-order valence-electron chi connectivity index (χ4n) is 7.07. The van der Waals surface area contributed by atoms with E-state index in [0.717, 1.165) is 37.5 Å². The molecule has 7 atom stereocenters. The summed E-state index contributed by atoms with van der Waals surface area (Å²) < 4.78 is 0. The maximum absolute atomic E-state index is 12.3. The van der Waals surface area contributed by atoms with E-state index in [1.807, 2.05) is 6.08 Å². The van der Waals surface area contributed by atoms with E-state index in [1.165, 1.54) is 31.3 Å². The Bertz CT molecular complexity index is 550. The van der Waals surface area contributed by atoms with Gasteiger partial charge in [-0.25, -0.2) is 0 Å². The van der Waals surface area contributed by atoms with Crippen molar-refractivity contribution in [2.45, 2.75) is 78.2 Å². The summed E-state index contributed by atoms with van der Waals surface area (Å²) in [6, 6.07) is 0. The van der Waals surface area contributed by atoms with Crippen molar-refractivity contribution in [1.82, 2.24) is 0 Å². The summed E-state index contributed by atoms with van der Waals surface area (Å²) >= 11 is 0. The van der Waals surface area contributed by atoms with Crippen LogP contribution in [0.4, 0.5) is 0 Å². The van der Waals surface area contributed by atoms with Gasteiger partial charge in [0.2, 0.25) is 0 Å². The Hall–Kier alpha value is -0.630. The SMILES string of the molecule is CCC1C[C@@]2(C)C(=CC1=O)CC[C@H]1[C@@H]3CC[C@H](O)[C@@]3(C)CC[C@@H]12. The number of carbonyl (C=O) groups excluding carboxylic acids is 1. The highest BCUT2D eigenvalue weighted by Gasteiger charge is 2.59. The Labute approximate surface area is 140 Å². The fraction of sp³-hybridized carbons (Fsp3) is 0.857. The van der Waals surface area contributed by atoms with Crippen LogP contribution in [0.5, 0.6) is 0 Å². The minimum atomic E-state index is -0.0884. The lowest BCUT2D eigenvalue weighted by Gasteiger charge is -2.58. The number of rotatable bonds is 1. The second-order valence-corrected chi connectivity index (χ2v) is 9.35. The van der Waals surface area contributed by atoms with E-state index in [4.69, 9.17) is 0 Å². The van der Waals surface area contributed by atoms with E-state index in [0.29, 0.717) is 11.7 Å². The van der Waals surface area contributed by atoms with E-state index in [1.54, 1.807) is 0 Å². The molecule has 3 fully saturated rings. The first kappa shape index (κ1) is 15.9. The molecule has 4 rings (SSSR count). The first-order valence-corrected chi connectivity index (χ1v) is 9.83. The van der Waals surface area contributed by atoms with Gasteiger partial charge in [0, 0.05) is 5.92 Å². The van der Waals surface area contributed by atoms with Crippen molar-refractivity contribution in [3.63, 3.8) is 0 Å². The summed E-state index contributed by atoms with van der Waals surface area (Å²) in [4.78, 5) is 12.3. The molecule has 4 aliphatic rings. The van der Waals surface area contributed by atoms with Crippen LogP contribution in [-0.2, 0) is 4.79 Å². The molecule has 0 bridgehead atoms. The highest BCUT2D eigenvalue weighted by atomic mass is 16.3. The van der Waals surface area contributed by atoms with Crippen LogP contribution in [0.25, 0.3) is 0 Å². The monoisotopic (exact) mass is 316 g/mol. The van der Waals surface area contributed by atoms with E-state index < -0.39 is 0 Å². The molecule has 0 aromatic carbocycles. The van der Waals surface area contributed by atoms with Crippen molar-refractivity contribution in [2.24, 2.45) is 34.5 Å². The number of fused-ring (bicyclic) bond motifs is 5. The Balaban J connectivity index is 1.68. The Morgan fingerprint density at radius 1 is 1.17 bits per heavy atom. The highest BCUT2D eigenvalue weighted by Crippen LogP contribution is 2.65. The number of allylic oxidation sites excluding steroid dienone is 1. The van der Waals surface area contributed by atoms with Gasteiger partial charge in [0.1, 0.15) is 0 Å². The molecular weight excluding hydrogens is 284 g/mol. The summed E-state index contributed by atoms with van der Waals surface area (Å²) in [6.45, 7) is 6.97. The molecule has 0 heterocycles. The van der Waals surface area contributed by atoms with E-state index in [-0.39, 0.29) is 22.9 Å². The molecule has 1 N–H and O–H groups in total. The smallest absolute Gasteiger partial charge is 0.158 e. The molecule has 0 saturated heterocycles. The molecule has 2 heteroatoms. The predicted molar refractivity (Wildman–Crippen MR) is 91.9 cm³/mol. The zero-order valence-corrected chi connectivity index (χ0v) is 15.0. The molecule has 0 spiro atoms. The predicted octanol–water partition coefficient (Wildman–Crippen LogP) is 4.52. The van der Waals surface area contributed by atoms with Gasteiger partial charge in [-0.3, -0.25) is 4.79 Å². The van der Waals surface area contributed by atoms with Gasteiger partial charge in [0.25, 0.3) is 0 Å². The Morgan fingerprint density at radius 3 is 2.70 bits per heavy atom. The molecule has 0 aromatic rings. The van der Waals surface area contributed by atoms with Crippen molar-refractivity contribution in [2.75, 3.05) is 0 Å². The molecule has 1 unspecified atom stereocenters. The number of carbonyl (C=O) groups is 1. The second kappa shape index (κ2) is 5.18. The van der Waals surface area contributed by atoms with Gasteiger partial charge in [0.15, 0.2) is 5.78 Å². The minimum Gasteiger partial charge on any atom is -0.393 e. The second-order valence-electron chi connectivity index (χ2n) is 9.35. The van der Waals surface area contributed by atoms with E-state index in [9.17, 15) is 9.90 Å². The van der Waals surface area contributed by atoms with Crippen LogP contribution in [0, 0.1) is 34.5 Å². The van der Waals surface area contributed by atoms with Gasteiger partial charge >= 0.3 is 0 Å². The van der Waals surface area contributed by atoms with Crippen molar-refractivity contribution in [3.05, 3.63) is 11.6 Å². The third kappa shape index (κ3) is 2.06. The van der Waals surface area contributed by atoms with Crippen LogP contribution < -0.4 is 0 Å². The third-order valence-electron chi connectivity index (χ3n) is 8.57. The molecule has 3 saturated carbocycles. The van der Waals surface area contributed by atoms with Crippen molar-refractivity contribution in [1.29, 1.82) is 0 Å². The first-order valence-electron chi connectivity index (χ1n) is 9.83. The standard InChI is InChI=1S/C21H32O2/c1-4-13-12-21(3)14(11-18(13)22)5-6-15-16-7-8-19(23)20(16,2)10-9-17(15)21/h11,13,15-17,19,23H,4-10,12H2,1-3H3/t13?,15-,16-,17-,19-,20-,21-/m0/s1. The lowest BCUT2D eigenvalue weighted by Crippen LogP contribution is -2.52. The largest absolute Gasteiger partial charge is 0.393 e. The third-order valence-corrected chi connectivity index (χ3v) is 8.57. The van der Waals surface area contributed by atoms with Gasteiger partial charge in [-0.1, -0.05) is 26.3 Å². The molecule has 23 heavy (non-hydrogen) atoms. The number of aliphatic hydroxyl groups is 1. The summed E-state index contributed by atoms with van der Waals surface area (Å²) in [7, 11) is 0. The van der Waals surface area contributed by atoms with Gasteiger partial charge in [-0.15, -0.1) is 0 Å². The maximum atomic E-state index is 12.3. The van der Waals surface area contributed by atoms with Gasteiger partial charge in [-0.05, 0) is 86.0 Å². The first-order chi connectivity index (χ1) is 10.9. The van der Waals surface area contributed by atoms with Crippen molar-refractivity contribution in [3.8, 4) is 0 Å². The fourth-order valence-corrected chi connectivity index (χ4v) is 7.07. The molecule has 0 aliphatic heterocycles. The topological polar surface area (TPSA) is 37.3 Å². The summed E-state index contributed by atoms with van der Waals surface area (Å²) in [5.41, 5.74) is 1.86. The summed E-state index contributed by atoms with van der Waals surface area (Å²) in [5, 5.41) is 10.5. The lowest BCUT2D eigenvalue weighted by molar-refractivity contribution is -0.123. The molecule has 128 valence electrons. The van der Waals surface area contributed by atoms with Crippen LogP contribution in [0.15, 0.2) is 11.6 Å². The average molecular weight is 316 g/mol. The molecular formula is C21H32O2. The van der Waals surface area contributed by atoms with Crippen molar-refractivity contribution < 1.29 is 9.90 Å². The van der Waals surface area contributed by atoms with Gasteiger partial charge in [0.05, 0.1) is 6.10 Å². The molecule has 4 aliphatic carbocycles. The summed E-state index contributed by atoms with van der Waals surface area (Å²) in [6.07, 6.45) is 11.0. The molecule has 0 radical (unpaired) electrons. The number of hydrogen-bond donors (Lipinski definition) is 1. The number of aliphatic hydroxyl groups excluding tert-OH is 1. The van der Waals surface area contributed by atoms with Gasteiger partial charge < -0.3 is 5.11 Å². The van der Waals surface area contributed by atoms with Crippen LogP contribution >= 0.6 is 0 Å². The van der Waals surface area contributed by atoms with Crippen LogP contribution in [0.3, 0.4) is 0 Å². The van der Waals surface area contributed by atoms with Crippen LogP contribution in [-0.4, -0.2) is 17.0 Å². The van der Waals surface area contributed by atoms with Crippen LogP contribution in [0.1, 0.15) is 72.1 Å². The summed E-state index contributed by atoms with van der Waals surface area (Å²) in [5.74, 6) is 2.82. The quantitative estimate of drug-likeness (QED) is 0.772. The molecule has 0 aromatic heterocycles. The highest BCUT2D eigenvalue weighted by molar-refractivity contribution is 5.93. The maximum Gasteiger partial charge on any atom is 0.158 e. The molecule has 2 nitrogen and oxygen atoms in total. The Kier molecular flexibility index (Phi) is 3.58. The van der Waals surface area contributed by atoms with Gasteiger partial charge in [-0.2, -0.15) is 0 Å². The number of hydrogen-bond acceptors (Lipinski definition) is 2. The number of ketones is 1. The lowest BCUT2D eigenvalue weighted by atomic mass is 9.46. The van der Waals surface area contributed by atoms with E-state index >= 15 is 0 Å². The molecule has 0 amide bonds. The normalized spacial score (nSPS) is 52.4. The average Bonchev–Trinajstić information content (AvgIpc) is 2.83. The zero-order chi connectivity index (χ0) is 16.4. The van der Waals surface area contributed by atoms with E-state index in [2.05, 4.69) is 20.8 Å².